The van der Waals surface area contributed by atoms with Gasteiger partial charge < -0.3 is 5.32 Å². The molecule has 4 nitrogen and oxygen atoms in total. The third-order valence-corrected chi connectivity index (χ3v) is 3.01. The third-order valence-electron chi connectivity index (χ3n) is 2.04. The van der Waals surface area contributed by atoms with Gasteiger partial charge in [0.2, 0.25) is 10.0 Å². The molecule has 0 aliphatic rings. The Morgan fingerprint density at radius 3 is 2.60 bits per heavy atom. The zero-order valence-corrected chi connectivity index (χ0v) is 9.55. The van der Waals surface area contributed by atoms with Crippen molar-refractivity contribution in [1.82, 2.24) is 0 Å². The smallest absolute Gasteiger partial charge is 0.240 e. The van der Waals surface area contributed by atoms with Gasteiger partial charge in [-0.15, -0.1) is 0 Å². The molecule has 0 saturated heterocycles. The minimum atomic E-state index is -3.63. The van der Waals surface area contributed by atoms with Crippen LogP contribution in [-0.4, -0.2) is 15.0 Å². The molecule has 5 heteroatoms. The second-order valence-corrected chi connectivity index (χ2v) is 4.85. The Morgan fingerprint density at radius 1 is 1.33 bits per heavy atom. The Labute approximate surface area is 90.5 Å². The quantitative estimate of drug-likeness (QED) is 0.751. The van der Waals surface area contributed by atoms with E-state index < -0.39 is 10.0 Å². The van der Waals surface area contributed by atoms with Crippen LogP contribution >= 0.6 is 0 Å². The lowest BCUT2D eigenvalue weighted by Crippen LogP contribution is -2.15. The molecule has 3 N–H and O–H groups in total. The fourth-order valence-corrected chi connectivity index (χ4v) is 1.98. The van der Waals surface area contributed by atoms with E-state index in [0.29, 0.717) is 5.69 Å². The van der Waals surface area contributed by atoms with Gasteiger partial charge in [-0.1, -0.05) is 25.5 Å². The molecule has 0 amide bonds. The lowest BCUT2D eigenvalue weighted by molar-refractivity contribution is 0.598. The molecule has 1 aromatic carbocycles. The van der Waals surface area contributed by atoms with E-state index >= 15 is 0 Å². The number of para-hydroxylation sites is 1. The number of benzene rings is 1. The predicted octanol–water partition coefficient (Wildman–Crippen LogP) is 1.55. The molecule has 0 bridgehead atoms. The SMILES string of the molecule is CCCCNc1ccccc1S(N)(=O)=O. The van der Waals surface area contributed by atoms with Crippen LogP contribution in [0.3, 0.4) is 0 Å². The predicted molar refractivity (Wildman–Crippen MR) is 61.2 cm³/mol. The summed E-state index contributed by atoms with van der Waals surface area (Å²) in [5.41, 5.74) is 0.577. The van der Waals surface area contributed by atoms with Crippen molar-refractivity contribution in [3.05, 3.63) is 24.3 Å². The molecule has 0 aliphatic carbocycles. The summed E-state index contributed by atoms with van der Waals surface area (Å²) < 4.78 is 22.4. The van der Waals surface area contributed by atoms with Crippen molar-refractivity contribution in [1.29, 1.82) is 0 Å². The maximum Gasteiger partial charge on any atom is 0.240 e. The van der Waals surface area contributed by atoms with Gasteiger partial charge in [-0.05, 0) is 18.6 Å². The van der Waals surface area contributed by atoms with Gasteiger partial charge in [0.15, 0.2) is 0 Å². The molecular weight excluding hydrogens is 212 g/mol. The van der Waals surface area contributed by atoms with Gasteiger partial charge in [-0.25, -0.2) is 13.6 Å². The Hall–Kier alpha value is -1.07. The first-order valence-electron chi connectivity index (χ1n) is 4.91. The second-order valence-electron chi connectivity index (χ2n) is 3.32. The molecule has 0 radical (unpaired) electrons. The summed E-state index contributed by atoms with van der Waals surface area (Å²) >= 11 is 0. The Bertz CT molecular complexity index is 415. The first-order chi connectivity index (χ1) is 7.05. The van der Waals surface area contributed by atoms with Crippen LogP contribution in [0, 0.1) is 0 Å². The number of sulfonamides is 1. The van der Waals surface area contributed by atoms with E-state index in [9.17, 15) is 8.42 Å². The number of nitrogens with two attached hydrogens (primary N) is 1. The fourth-order valence-electron chi connectivity index (χ4n) is 1.26. The van der Waals surface area contributed by atoms with Crippen LogP contribution in [0.25, 0.3) is 0 Å². The van der Waals surface area contributed by atoms with E-state index in [1.807, 2.05) is 0 Å². The summed E-state index contributed by atoms with van der Waals surface area (Å²) in [6.07, 6.45) is 2.06. The van der Waals surface area contributed by atoms with E-state index in [1.165, 1.54) is 6.07 Å². The van der Waals surface area contributed by atoms with Crippen LogP contribution < -0.4 is 10.5 Å². The van der Waals surface area contributed by atoms with Crippen LogP contribution in [-0.2, 0) is 10.0 Å². The van der Waals surface area contributed by atoms with Crippen LogP contribution in [0.15, 0.2) is 29.2 Å². The van der Waals surface area contributed by atoms with E-state index in [4.69, 9.17) is 5.14 Å². The number of hydrogen-bond donors (Lipinski definition) is 2. The third kappa shape index (κ3) is 3.53. The largest absolute Gasteiger partial charge is 0.384 e. The molecule has 0 saturated carbocycles. The monoisotopic (exact) mass is 228 g/mol. The van der Waals surface area contributed by atoms with Crippen LogP contribution in [0.4, 0.5) is 5.69 Å². The van der Waals surface area contributed by atoms with Gasteiger partial charge in [0.25, 0.3) is 0 Å². The van der Waals surface area contributed by atoms with Gasteiger partial charge in [0.05, 0.1) is 5.69 Å². The van der Waals surface area contributed by atoms with Gasteiger partial charge in [0, 0.05) is 6.54 Å². The highest BCUT2D eigenvalue weighted by atomic mass is 32.2. The molecular formula is C10H16N2O2S. The van der Waals surface area contributed by atoms with Gasteiger partial charge in [-0.3, -0.25) is 0 Å². The highest BCUT2D eigenvalue weighted by Gasteiger charge is 2.11. The van der Waals surface area contributed by atoms with E-state index in [1.54, 1.807) is 18.2 Å². The summed E-state index contributed by atoms with van der Waals surface area (Å²) in [5, 5.41) is 8.16. The molecule has 0 fully saturated rings. The molecule has 1 rings (SSSR count). The van der Waals surface area contributed by atoms with E-state index in [2.05, 4.69) is 12.2 Å². The van der Waals surface area contributed by atoms with Crippen LogP contribution in [0.1, 0.15) is 19.8 Å². The second kappa shape index (κ2) is 5.14. The Morgan fingerprint density at radius 2 is 2.00 bits per heavy atom. The highest BCUT2D eigenvalue weighted by Crippen LogP contribution is 2.18. The molecule has 0 aromatic heterocycles. The van der Waals surface area contributed by atoms with E-state index in [-0.39, 0.29) is 4.90 Å². The van der Waals surface area contributed by atoms with Crippen LogP contribution in [0.5, 0.6) is 0 Å². The van der Waals surface area contributed by atoms with Crippen molar-refractivity contribution < 1.29 is 8.42 Å². The Kier molecular flexibility index (Phi) is 4.11. The van der Waals surface area contributed by atoms with Crippen molar-refractivity contribution in [3.8, 4) is 0 Å². The summed E-state index contributed by atoms with van der Waals surface area (Å²) in [6.45, 7) is 2.83. The maximum atomic E-state index is 11.2. The Balaban J connectivity index is 2.88. The number of nitrogens with one attached hydrogen (secondary N) is 1. The molecule has 84 valence electrons. The summed E-state index contributed by atoms with van der Waals surface area (Å²) in [7, 11) is -3.63. The average molecular weight is 228 g/mol. The molecule has 0 atom stereocenters. The molecule has 0 unspecified atom stereocenters. The van der Waals surface area contributed by atoms with Crippen molar-refractivity contribution in [2.75, 3.05) is 11.9 Å². The molecule has 0 heterocycles. The van der Waals surface area contributed by atoms with Crippen molar-refractivity contribution in [2.24, 2.45) is 5.14 Å². The highest BCUT2D eigenvalue weighted by molar-refractivity contribution is 7.89. The lowest BCUT2D eigenvalue weighted by Gasteiger charge is -2.09. The van der Waals surface area contributed by atoms with Gasteiger partial charge >= 0.3 is 0 Å². The summed E-state index contributed by atoms with van der Waals surface area (Å²) in [6, 6.07) is 6.66. The van der Waals surface area contributed by atoms with Crippen molar-refractivity contribution in [2.45, 2.75) is 24.7 Å². The lowest BCUT2D eigenvalue weighted by atomic mass is 10.3. The zero-order chi connectivity index (χ0) is 11.3. The number of rotatable bonds is 5. The van der Waals surface area contributed by atoms with Gasteiger partial charge in [0.1, 0.15) is 4.90 Å². The minimum absolute atomic E-state index is 0.154. The summed E-state index contributed by atoms with van der Waals surface area (Å²) in [5.74, 6) is 0. The number of unbranched alkanes of at least 4 members (excludes halogenated alkanes) is 1. The normalized spacial score (nSPS) is 11.3. The molecule has 0 aliphatic heterocycles. The minimum Gasteiger partial charge on any atom is -0.384 e. The van der Waals surface area contributed by atoms with E-state index in [0.717, 1.165) is 19.4 Å². The fraction of sp³-hybridized carbons (Fsp3) is 0.400. The first kappa shape index (κ1) is 12.0. The zero-order valence-electron chi connectivity index (χ0n) is 8.73. The molecule has 15 heavy (non-hydrogen) atoms. The van der Waals surface area contributed by atoms with Crippen LogP contribution in [0.2, 0.25) is 0 Å². The maximum absolute atomic E-state index is 11.2. The van der Waals surface area contributed by atoms with Gasteiger partial charge in [-0.2, -0.15) is 0 Å². The molecule has 1 aromatic rings. The first-order valence-corrected chi connectivity index (χ1v) is 6.46. The standard InChI is InChI=1S/C10H16N2O2S/c1-2-3-8-12-9-6-4-5-7-10(9)15(11,13)14/h4-7,12H,2-3,8H2,1H3,(H2,11,13,14). The number of primary sulfonamides is 1. The van der Waals surface area contributed by atoms with Crippen molar-refractivity contribution in [3.63, 3.8) is 0 Å². The topological polar surface area (TPSA) is 72.2 Å². The number of anilines is 1. The van der Waals surface area contributed by atoms with Crippen molar-refractivity contribution >= 4 is 15.7 Å². The average Bonchev–Trinajstić information content (AvgIpc) is 2.17. The summed E-state index contributed by atoms with van der Waals surface area (Å²) in [4.78, 5) is 0.154. The number of hydrogen-bond acceptors (Lipinski definition) is 3. The molecule has 0 spiro atoms.